The number of hydrogen-bond acceptors (Lipinski definition) is 3. The van der Waals surface area contributed by atoms with Crippen molar-refractivity contribution in [2.75, 3.05) is 6.54 Å². The highest BCUT2D eigenvalue weighted by Crippen LogP contribution is 2.09. The Kier molecular flexibility index (Phi) is 5.57. The number of alkyl carbamates (subject to hydrolysis) is 1. The van der Waals surface area contributed by atoms with Gasteiger partial charge in [0.25, 0.3) is 0 Å². The molecule has 0 saturated carbocycles. The van der Waals surface area contributed by atoms with E-state index in [1.807, 2.05) is 30.3 Å². The van der Waals surface area contributed by atoms with Crippen molar-refractivity contribution in [2.24, 2.45) is 0 Å². The molecular weight excluding hydrogens is 252 g/mol. The van der Waals surface area contributed by atoms with E-state index in [2.05, 4.69) is 45.3 Å². The summed E-state index contributed by atoms with van der Waals surface area (Å²) >= 11 is 0. The van der Waals surface area contributed by atoms with E-state index in [4.69, 9.17) is 4.74 Å². The number of rotatable bonds is 5. The fraction of sp³-hybridized carbons (Fsp3) is 0.562. The zero-order valence-corrected chi connectivity index (χ0v) is 13.1. The third-order valence-electron chi connectivity index (χ3n) is 2.60. The quantitative estimate of drug-likeness (QED) is 0.870. The molecule has 1 rings (SSSR count). The first-order valence-corrected chi connectivity index (χ1v) is 6.92. The van der Waals surface area contributed by atoms with Crippen LogP contribution >= 0.6 is 0 Å². The summed E-state index contributed by atoms with van der Waals surface area (Å²) in [5.41, 5.74) is 0.790. The standard InChI is InChI=1S/C16H26N2O2/c1-15(2,3)18-16(4,5)12-17-14(19)20-11-13-9-7-6-8-10-13/h6-10,18H,11-12H2,1-5H3,(H,17,19). The van der Waals surface area contributed by atoms with Crippen LogP contribution in [0, 0.1) is 0 Å². The molecule has 0 atom stereocenters. The van der Waals surface area contributed by atoms with Crippen molar-refractivity contribution < 1.29 is 9.53 Å². The molecule has 2 N–H and O–H groups in total. The van der Waals surface area contributed by atoms with Crippen molar-refractivity contribution in [3.05, 3.63) is 35.9 Å². The predicted octanol–water partition coefficient (Wildman–Crippen LogP) is 3.08. The molecule has 0 fully saturated rings. The van der Waals surface area contributed by atoms with Crippen LogP contribution in [0.5, 0.6) is 0 Å². The second-order valence-corrected chi connectivity index (χ2v) is 6.67. The van der Waals surface area contributed by atoms with Crippen molar-refractivity contribution in [2.45, 2.75) is 52.3 Å². The van der Waals surface area contributed by atoms with Gasteiger partial charge in [-0.25, -0.2) is 4.79 Å². The van der Waals surface area contributed by atoms with Gasteiger partial charge in [0.05, 0.1) is 0 Å². The normalized spacial score (nSPS) is 12.1. The predicted molar refractivity (Wildman–Crippen MR) is 81.6 cm³/mol. The van der Waals surface area contributed by atoms with E-state index in [-0.39, 0.29) is 11.1 Å². The molecule has 0 saturated heterocycles. The average molecular weight is 278 g/mol. The van der Waals surface area contributed by atoms with Gasteiger partial charge in [-0.3, -0.25) is 0 Å². The summed E-state index contributed by atoms with van der Waals surface area (Å²) in [6, 6.07) is 9.64. The van der Waals surface area contributed by atoms with Crippen LogP contribution in [0.25, 0.3) is 0 Å². The second-order valence-electron chi connectivity index (χ2n) is 6.67. The Morgan fingerprint density at radius 3 is 2.25 bits per heavy atom. The fourth-order valence-electron chi connectivity index (χ4n) is 2.13. The zero-order valence-electron chi connectivity index (χ0n) is 13.1. The first-order valence-electron chi connectivity index (χ1n) is 6.92. The summed E-state index contributed by atoms with van der Waals surface area (Å²) in [6.07, 6.45) is -0.391. The van der Waals surface area contributed by atoms with Gasteiger partial charge in [-0.15, -0.1) is 0 Å². The molecule has 112 valence electrons. The van der Waals surface area contributed by atoms with E-state index in [0.29, 0.717) is 13.2 Å². The molecule has 0 radical (unpaired) electrons. The van der Waals surface area contributed by atoms with Gasteiger partial charge in [-0.1, -0.05) is 30.3 Å². The number of carbonyl (C=O) groups excluding carboxylic acids is 1. The number of benzene rings is 1. The molecular formula is C16H26N2O2. The van der Waals surface area contributed by atoms with E-state index >= 15 is 0 Å². The number of hydrogen-bond donors (Lipinski definition) is 2. The first kappa shape index (κ1) is 16.5. The highest BCUT2D eigenvalue weighted by Gasteiger charge is 2.24. The van der Waals surface area contributed by atoms with Gasteiger partial charge in [-0.05, 0) is 40.2 Å². The number of carbonyl (C=O) groups is 1. The van der Waals surface area contributed by atoms with Crippen molar-refractivity contribution >= 4 is 6.09 Å². The lowest BCUT2D eigenvalue weighted by atomic mass is 9.99. The van der Waals surface area contributed by atoms with Crippen LogP contribution in [0.2, 0.25) is 0 Å². The minimum absolute atomic E-state index is 0.000870. The van der Waals surface area contributed by atoms with Crippen LogP contribution < -0.4 is 10.6 Å². The third kappa shape index (κ3) is 7.14. The second kappa shape index (κ2) is 6.75. The van der Waals surface area contributed by atoms with E-state index in [0.717, 1.165) is 5.56 Å². The molecule has 4 heteroatoms. The molecule has 0 aliphatic rings. The Balaban J connectivity index is 2.33. The molecule has 20 heavy (non-hydrogen) atoms. The van der Waals surface area contributed by atoms with E-state index in [1.54, 1.807) is 0 Å². The number of amides is 1. The van der Waals surface area contributed by atoms with Gasteiger partial charge >= 0.3 is 6.09 Å². The van der Waals surface area contributed by atoms with E-state index < -0.39 is 6.09 Å². The average Bonchev–Trinajstić information content (AvgIpc) is 2.32. The molecule has 0 heterocycles. The maximum absolute atomic E-state index is 11.7. The maximum atomic E-state index is 11.7. The van der Waals surface area contributed by atoms with Gasteiger partial charge in [0.1, 0.15) is 6.61 Å². The van der Waals surface area contributed by atoms with Crippen LogP contribution in [0.15, 0.2) is 30.3 Å². The summed E-state index contributed by atoms with van der Waals surface area (Å²) in [4.78, 5) is 11.7. The molecule has 4 nitrogen and oxygen atoms in total. The molecule has 0 unspecified atom stereocenters. The highest BCUT2D eigenvalue weighted by atomic mass is 16.5. The minimum Gasteiger partial charge on any atom is -0.445 e. The Morgan fingerprint density at radius 2 is 1.70 bits per heavy atom. The highest BCUT2D eigenvalue weighted by molar-refractivity contribution is 5.67. The van der Waals surface area contributed by atoms with Crippen LogP contribution in [0.3, 0.4) is 0 Å². The van der Waals surface area contributed by atoms with Crippen molar-refractivity contribution in [1.82, 2.24) is 10.6 Å². The SMILES string of the molecule is CC(C)(C)NC(C)(C)CNC(=O)OCc1ccccc1. The monoisotopic (exact) mass is 278 g/mol. The Hall–Kier alpha value is -1.55. The Morgan fingerprint density at radius 1 is 1.10 bits per heavy atom. The Bertz CT molecular complexity index is 422. The fourth-order valence-corrected chi connectivity index (χ4v) is 2.13. The van der Waals surface area contributed by atoms with E-state index in [9.17, 15) is 4.79 Å². The van der Waals surface area contributed by atoms with Crippen LogP contribution in [0.1, 0.15) is 40.2 Å². The van der Waals surface area contributed by atoms with Crippen molar-refractivity contribution in [3.8, 4) is 0 Å². The zero-order chi connectivity index (χ0) is 15.2. The summed E-state index contributed by atoms with van der Waals surface area (Å²) in [5, 5.41) is 6.25. The van der Waals surface area contributed by atoms with E-state index in [1.165, 1.54) is 0 Å². The number of ether oxygens (including phenoxy) is 1. The molecule has 0 spiro atoms. The molecule has 1 amide bonds. The van der Waals surface area contributed by atoms with Crippen LogP contribution in [0.4, 0.5) is 4.79 Å². The summed E-state index contributed by atoms with van der Waals surface area (Å²) in [7, 11) is 0. The van der Waals surface area contributed by atoms with Gasteiger partial charge < -0.3 is 15.4 Å². The van der Waals surface area contributed by atoms with Crippen LogP contribution in [-0.2, 0) is 11.3 Å². The lowest BCUT2D eigenvalue weighted by Crippen LogP contribution is -2.56. The minimum atomic E-state index is -0.391. The van der Waals surface area contributed by atoms with Gasteiger partial charge in [0.2, 0.25) is 0 Å². The first-order chi connectivity index (χ1) is 9.18. The van der Waals surface area contributed by atoms with Gasteiger partial charge in [0.15, 0.2) is 0 Å². The van der Waals surface area contributed by atoms with Crippen LogP contribution in [-0.4, -0.2) is 23.7 Å². The molecule has 0 aliphatic heterocycles. The van der Waals surface area contributed by atoms with Gasteiger partial charge in [0, 0.05) is 17.6 Å². The molecule has 0 bridgehead atoms. The molecule has 0 aliphatic carbocycles. The third-order valence-corrected chi connectivity index (χ3v) is 2.60. The summed E-state index contributed by atoms with van der Waals surface area (Å²) < 4.78 is 5.18. The summed E-state index contributed by atoms with van der Waals surface area (Å²) in [5.74, 6) is 0. The van der Waals surface area contributed by atoms with Gasteiger partial charge in [-0.2, -0.15) is 0 Å². The number of nitrogens with one attached hydrogen (secondary N) is 2. The lowest BCUT2D eigenvalue weighted by Gasteiger charge is -2.34. The lowest BCUT2D eigenvalue weighted by molar-refractivity contribution is 0.135. The topological polar surface area (TPSA) is 50.4 Å². The molecule has 1 aromatic rings. The molecule has 0 aromatic heterocycles. The smallest absolute Gasteiger partial charge is 0.407 e. The summed E-state index contributed by atoms with van der Waals surface area (Å²) in [6.45, 7) is 11.2. The van der Waals surface area contributed by atoms with Crippen molar-refractivity contribution in [3.63, 3.8) is 0 Å². The van der Waals surface area contributed by atoms with Crippen molar-refractivity contribution in [1.29, 1.82) is 0 Å². The largest absolute Gasteiger partial charge is 0.445 e. The Labute approximate surface area is 121 Å². The molecule has 1 aromatic carbocycles. The maximum Gasteiger partial charge on any atom is 0.407 e.